The second-order valence-electron chi connectivity index (χ2n) is 6.15. The maximum atomic E-state index is 11.4. The van der Waals surface area contributed by atoms with E-state index in [-0.39, 0.29) is 11.8 Å². The fourth-order valence-corrected chi connectivity index (χ4v) is 3.22. The average molecular weight is 392 g/mol. The van der Waals surface area contributed by atoms with E-state index in [1.54, 1.807) is 0 Å². The molecule has 4 atom stereocenters. The topological polar surface area (TPSA) is 127 Å². The number of carbonyl (C=O) groups is 4. The number of rotatable bonds is 4. The Balaban J connectivity index is 0.000000239. The minimum Gasteiger partial charge on any atom is -0.481 e. The van der Waals surface area contributed by atoms with E-state index in [9.17, 15) is 19.2 Å². The minimum atomic E-state index is -1.17. The molecule has 8 nitrogen and oxygen atoms in total. The van der Waals surface area contributed by atoms with Gasteiger partial charge in [0.05, 0.1) is 26.1 Å². The maximum absolute atomic E-state index is 11.4. The standard InChI is InChI=1S/C10H12O4.C5H6O4.C5H6/c1-14-10(13)8-6-3-2-5(4-6)7(8)9(11)12;1-9-5(8)3-2-4(6)7;1-2-4-5-3-1/h2-3,5-8H,4H2,1H3,(H,11,12);2-3H,1H3,(H,6,7);1-4H,5H2/b;3-2+;. The molecule has 0 aliphatic heterocycles. The van der Waals surface area contributed by atoms with E-state index in [0.717, 1.165) is 18.9 Å². The number of hydrogen-bond donors (Lipinski definition) is 2. The highest BCUT2D eigenvalue weighted by Gasteiger charge is 2.52. The van der Waals surface area contributed by atoms with E-state index in [1.807, 2.05) is 12.2 Å². The molecule has 0 spiro atoms. The van der Waals surface area contributed by atoms with Gasteiger partial charge in [0.1, 0.15) is 0 Å². The number of carboxylic acid groups (broad SMARTS) is 2. The molecular weight excluding hydrogens is 368 g/mol. The molecule has 1 fully saturated rings. The zero-order valence-electron chi connectivity index (χ0n) is 15.7. The molecule has 0 aromatic heterocycles. The van der Waals surface area contributed by atoms with Gasteiger partial charge in [0.15, 0.2) is 0 Å². The lowest BCUT2D eigenvalue weighted by Crippen LogP contribution is -2.33. The van der Waals surface area contributed by atoms with Crippen molar-refractivity contribution in [2.75, 3.05) is 14.2 Å². The van der Waals surface area contributed by atoms with Crippen LogP contribution in [0.3, 0.4) is 0 Å². The summed E-state index contributed by atoms with van der Waals surface area (Å²) in [4.78, 5) is 42.2. The van der Waals surface area contributed by atoms with Gasteiger partial charge in [-0.05, 0) is 24.7 Å². The van der Waals surface area contributed by atoms with E-state index < -0.39 is 35.7 Å². The molecule has 2 bridgehead atoms. The summed E-state index contributed by atoms with van der Waals surface area (Å²) in [6, 6.07) is 0. The summed E-state index contributed by atoms with van der Waals surface area (Å²) < 4.78 is 8.74. The van der Waals surface area contributed by atoms with Gasteiger partial charge >= 0.3 is 23.9 Å². The molecule has 2 N–H and O–H groups in total. The van der Waals surface area contributed by atoms with E-state index in [1.165, 1.54) is 14.2 Å². The van der Waals surface area contributed by atoms with Gasteiger partial charge in [0.25, 0.3) is 0 Å². The monoisotopic (exact) mass is 392 g/mol. The smallest absolute Gasteiger partial charge is 0.330 e. The summed E-state index contributed by atoms with van der Waals surface area (Å²) in [7, 11) is 2.48. The van der Waals surface area contributed by atoms with E-state index >= 15 is 0 Å². The number of carboxylic acids is 2. The molecule has 3 aliphatic rings. The normalized spacial score (nSPS) is 25.5. The quantitative estimate of drug-likeness (QED) is 0.422. The van der Waals surface area contributed by atoms with Gasteiger partial charge in [-0.25, -0.2) is 9.59 Å². The summed E-state index contributed by atoms with van der Waals surface area (Å²) in [6.07, 6.45) is 15.7. The largest absolute Gasteiger partial charge is 0.481 e. The van der Waals surface area contributed by atoms with Crippen LogP contribution in [-0.2, 0) is 28.7 Å². The molecule has 8 heteroatoms. The van der Waals surface area contributed by atoms with Crippen molar-refractivity contribution in [3.8, 4) is 0 Å². The lowest BCUT2D eigenvalue weighted by atomic mass is 9.83. The highest BCUT2D eigenvalue weighted by Crippen LogP contribution is 2.48. The van der Waals surface area contributed by atoms with Gasteiger partial charge in [0, 0.05) is 12.2 Å². The third kappa shape index (κ3) is 6.86. The first-order valence-electron chi connectivity index (χ1n) is 8.61. The van der Waals surface area contributed by atoms with Crippen molar-refractivity contribution in [3.63, 3.8) is 0 Å². The molecule has 0 radical (unpaired) electrons. The van der Waals surface area contributed by atoms with Crippen molar-refractivity contribution in [1.82, 2.24) is 0 Å². The Morgan fingerprint density at radius 1 is 0.893 bits per heavy atom. The second-order valence-corrected chi connectivity index (χ2v) is 6.15. The molecule has 3 rings (SSSR count). The van der Waals surface area contributed by atoms with Crippen LogP contribution >= 0.6 is 0 Å². The van der Waals surface area contributed by atoms with Gasteiger partial charge < -0.3 is 19.7 Å². The summed E-state index contributed by atoms with van der Waals surface area (Å²) >= 11 is 0. The highest BCUT2D eigenvalue weighted by atomic mass is 16.5. The second kappa shape index (κ2) is 11.5. The summed E-state index contributed by atoms with van der Waals surface area (Å²) in [5, 5.41) is 17.0. The number of allylic oxidation sites excluding steroid dienone is 6. The number of carbonyl (C=O) groups excluding carboxylic acids is 2. The minimum absolute atomic E-state index is 0.0154. The Morgan fingerprint density at radius 3 is 1.86 bits per heavy atom. The Morgan fingerprint density at radius 2 is 1.46 bits per heavy atom. The van der Waals surface area contributed by atoms with Gasteiger partial charge in [-0.2, -0.15) is 0 Å². The van der Waals surface area contributed by atoms with Crippen LogP contribution in [0.25, 0.3) is 0 Å². The Kier molecular flexibility index (Phi) is 9.42. The van der Waals surface area contributed by atoms with Crippen molar-refractivity contribution in [3.05, 3.63) is 48.6 Å². The Bertz CT molecular complexity index is 691. The van der Waals surface area contributed by atoms with Crippen LogP contribution in [-0.4, -0.2) is 48.3 Å². The third-order valence-corrected chi connectivity index (χ3v) is 4.44. The lowest BCUT2D eigenvalue weighted by Gasteiger charge is -2.21. The fourth-order valence-electron chi connectivity index (χ4n) is 3.22. The van der Waals surface area contributed by atoms with Crippen molar-refractivity contribution >= 4 is 23.9 Å². The summed E-state index contributed by atoms with van der Waals surface area (Å²) in [5.74, 6) is -4.11. The molecule has 4 unspecified atom stereocenters. The summed E-state index contributed by atoms with van der Waals surface area (Å²) in [5.41, 5.74) is 0. The first kappa shape index (κ1) is 22.9. The molecule has 152 valence electrons. The van der Waals surface area contributed by atoms with Gasteiger partial charge in [0.2, 0.25) is 0 Å². The summed E-state index contributed by atoms with van der Waals surface area (Å²) in [6.45, 7) is 0. The van der Waals surface area contributed by atoms with Crippen LogP contribution in [0, 0.1) is 23.7 Å². The number of fused-ring (bicyclic) bond motifs is 2. The molecule has 1 saturated carbocycles. The molecule has 0 amide bonds. The van der Waals surface area contributed by atoms with Gasteiger partial charge in [-0.3, -0.25) is 9.59 Å². The van der Waals surface area contributed by atoms with E-state index in [2.05, 4.69) is 33.8 Å². The van der Waals surface area contributed by atoms with Crippen molar-refractivity contribution in [1.29, 1.82) is 0 Å². The Labute approximate surface area is 162 Å². The SMILES string of the molecule is C1=CCC=C1.COC(=O)/C=C/C(=O)O.COC(=O)C1C2C=CC(C2)C1C(=O)O. The fraction of sp³-hybridized carbons (Fsp3) is 0.400. The average Bonchev–Trinajstić information content (AvgIpc) is 3.44. The third-order valence-electron chi connectivity index (χ3n) is 4.44. The van der Waals surface area contributed by atoms with Crippen LogP contribution in [0.4, 0.5) is 0 Å². The van der Waals surface area contributed by atoms with Crippen molar-refractivity contribution < 1.29 is 38.9 Å². The van der Waals surface area contributed by atoms with Crippen molar-refractivity contribution in [2.24, 2.45) is 23.7 Å². The van der Waals surface area contributed by atoms with Gasteiger partial charge in [-0.1, -0.05) is 36.5 Å². The molecule has 0 saturated heterocycles. The molecular formula is C20H24O8. The first-order chi connectivity index (χ1) is 13.3. The molecule has 0 aromatic rings. The lowest BCUT2D eigenvalue weighted by molar-refractivity contribution is -0.156. The maximum Gasteiger partial charge on any atom is 0.330 e. The van der Waals surface area contributed by atoms with Crippen LogP contribution in [0.1, 0.15) is 12.8 Å². The molecule has 3 aliphatic carbocycles. The first-order valence-corrected chi connectivity index (χ1v) is 8.61. The number of ether oxygens (including phenoxy) is 2. The number of hydrogen-bond acceptors (Lipinski definition) is 6. The predicted octanol–water partition coefficient (Wildman–Crippen LogP) is 1.98. The van der Waals surface area contributed by atoms with Crippen LogP contribution in [0.5, 0.6) is 0 Å². The van der Waals surface area contributed by atoms with E-state index in [0.29, 0.717) is 6.08 Å². The van der Waals surface area contributed by atoms with Crippen LogP contribution in [0.2, 0.25) is 0 Å². The van der Waals surface area contributed by atoms with Gasteiger partial charge in [-0.15, -0.1) is 0 Å². The number of methoxy groups -OCH3 is 2. The van der Waals surface area contributed by atoms with Crippen molar-refractivity contribution in [2.45, 2.75) is 12.8 Å². The van der Waals surface area contributed by atoms with Crippen LogP contribution in [0.15, 0.2) is 48.6 Å². The Hall–Kier alpha value is -3.16. The molecule has 0 heterocycles. The van der Waals surface area contributed by atoms with E-state index in [4.69, 9.17) is 10.2 Å². The van der Waals surface area contributed by atoms with Crippen LogP contribution < -0.4 is 0 Å². The predicted molar refractivity (Wildman–Crippen MR) is 99.1 cm³/mol. The number of aliphatic carboxylic acids is 2. The highest BCUT2D eigenvalue weighted by molar-refractivity contribution is 5.90. The zero-order valence-corrected chi connectivity index (χ0v) is 15.7. The number of esters is 2. The molecule has 0 aromatic carbocycles. The zero-order chi connectivity index (χ0) is 21.1. The molecule has 28 heavy (non-hydrogen) atoms.